The van der Waals surface area contributed by atoms with E-state index in [2.05, 4.69) is 41.5 Å². The molecule has 0 spiro atoms. The van der Waals surface area contributed by atoms with Gasteiger partial charge in [0.25, 0.3) is 0 Å². The Morgan fingerprint density at radius 3 is 2.45 bits per heavy atom. The first-order valence-corrected chi connectivity index (χ1v) is 12.7. The highest BCUT2D eigenvalue weighted by Crippen LogP contribution is 2.54. The van der Waals surface area contributed by atoms with Crippen molar-refractivity contribution < 1.29 is 19.6 Å². The number of nitrogens with zero attached hydrogens (tertiary/aromatic N) is 1. The standard InChI is InChI=1S/C23H39N3O4S/c1-3-4-7-11-21(27)25-16-22(28)24-15-18-17(19-13-14-20(18)31-19)10-8-5-6-9-12-23(29)26(2)30/h5,8,17-20,30H,3-4,6-7,9-16H2,1-2H3,(H,24,28)(H,25,27)/b8-5-/t17-,18+,19-,20+/m0/s1. The largest absolute Gasteiger partial charge is 0.354 e. The maximum atomic E-state index is 12.2. The Labute approximate surface area is 190 Å². The Bertz CT molecular complexity index is 626. The minimum atomic E-state index is -0.258. The van der Waals surface area contributed by atoms with Crippen LogP contribution in [0.2, 0.25) is 0 Å². The quantitative estimate of drug-likeness (QED) is 0.162. The fourth-order valence-electron chi connectivity index (χ4n) is 4.48. The molecular weight excluding hydrogens is 414 g/mol. The molecule has 8 heteroatoms. The van der Waals surface area contributed by atoms with Crippen molar-refractivity contribution in [2.45, 2.75) is 81.6 Å². The van der Waals surface area contributed by atoms with Crippen LogP contribution in [0.5, 0.6) is 0 Å². The molecule has 0 saturated carbocycles. The predicted octanol–water partition coefficient (Wildman–Crippen LogP) is 3.27. The summed E-state index contributed by atoms with van der Waals surface area (Å²) in [5.41, 5.74) is 0. The summed E-state index contributed by atoms with van der Waals surface area (Å²) in [6, 6.07) is 0. The van der Waals surface area contributed by atoms with Gasteiger partial charge >= 0.3 is 0 Å². The smallest absolute Gasteiger partial charge is 0.245 e. The second-order valence-corrected chi connectivity index (χ2v) is 10.2. The normalized spacial score (nSPS) is 24.5. The lowest BCUT2D eigenvalue weighted by Gasteiger charge is -2.29. The first-order chi connectivity index (χ1) is 14.9. The van der Waals surface area contributed by atoms with Gasteiger partial charge in [-0.2, -0.15) is 11.8 Å². The summed E-state index contributed by atoms with van der Waals surface area (Å²) >= 11 is 2.07. The summed E-state index contributed by atoms with van der Waals surface area (Å²) in [7, 11) is 1.35. The number of hydrogen-bond acceptors (Lipinski definition) is 5. The monoisotopic (exact) mass is 453 g/mol. The van der Waals surface area contributed by atoms with Crippen molar-refractivity contribution in [1.29, 1.82) is 0 Å². The molecule has 2 saturated heterocycles. The molecule has 3 amide bonds. The van der Waals surface area contributed by atoms with Gasteiger partial charge in [-0.1, -0.05) is 31.9 Å². The molecule has 0 aromatic rings. The highest BCUT2D eigenvalue weighted by Gasteiger charge is 2.47. The van der Waals surface area contributed by atoms with E-state index >= 15 is 0 Å². The summed E-state index contributed by atoms with van der Waals surface area (Å²) in [5, 5.41) is 16.8. The van der Waals surface area contributed by atoms with Gasteiger partial charge in [0, 0.05) is 36.9 Å². The molecule has 2 aliphatic heterocycles. The van der Waals surface area contributed by atoms with Crippen molar-refractivity contribution in [2.75, 3.05) is 20.1 Å². The highest BCUT2D eigenvalue weighted by molar-refractivity contribution is 8.01. The second kappa shape index (κ2) is 13.8. The summed E-state index contributed by atoms with van der Waals surface area (Å²) in [4.78, 5) is 35.3. The van der Waals surface area contributed by atoms with Gasteiger partial charge in [-0.15, -0.1) is 0 Å². The molecule has 0 aromatic heterocycles. The second-order valence-electron chi connectivity index (χ2n) is 8.67. The number of thioether (sulfide) groups is 1. The highest BCUT2D eigenvalue weighted by atomic mass is 32.2. The van der Waals surface area contributed by atoms with E-state index in [1.54, 1.807) is 0 Å². The summed E-state index contributed by atoms with van der Waals surface area (Å²) in [5.74, 6) is 0.626. The van der Waals surface area contributed by atoms with Crippen LogP contribution < -0.4 is 10.6 Å². The number of fused-ring (bicyclic) bond motifs is 2. The van der Waals surface area contributed by atoms with Crippen LogP contribution in [-0.2, 0) is 14.4 Å². The number of carbonyl (C=O) groups is 3. The molecule has 3 N–H and O–H groups in total. The molecule has 7 nitrogen and oxygen atoms in total. The van der Waals surface area contributed by atoms with Crippen LogP contribution in [0.15, 0.2) is 12.2 Å². The number of hydrogen-bond donors (Lipinski definition) is 3. The molecule has 2 bridgehead atoms. The van der Waals surface area contributed by atoms with Gasteiger partial charge in [0.05, 0.1) is 6.54 Å². The topological polar surface area (TPSA) is 98.7 Å². The number of nitrogens with one attached hydrogen (secondary N) is 2. The lowest BCUT2D eigenvalue weighted by molar-refractivity contribution is -0.159. The third kappa shape index (κ3) is 8.85. The SMILES string of the molecule is CCCCCC(=O)NCC(=O)NC[C@@H]1[C@H](C/C=C\CCCC(=O)N(C)O)[C@@H]2CC[C@H]1S2. The number of carbonyl (C=O) groups excluding carboxylic acids is 3. The van der Waals surface area contributed by atoms with Gasteiger partial charge in [0.2, 0.25) is 17.7 Å². The number of hydroxylamine groups is 2. The van der Waals surface area contributed by atoms with Crippen LogP contribution in [0.4, 0.5) is 0 Å². The van der Waals surface area contributed by atoms with Crippen molar-refractivity contribution in [3.63, 3.8) is 0 Å². The zero-order valence-electron chi connectivity index (χ0n) is 19.0. The van der Waals surface area contributed by atoms with Crippen molar-refractivity contribution in [3.05, 3.63) is 12.2 Å². The first-order valence-electron chi connectivity index (χ1n) is 11.7. The van der Waals surface area contributed by atoms with Crippen LogP contribution in [0.3, 0.4) is 0 Å². The molecule has 0 radical (unpaired) electrons. The van der Waals surface area contributed by atoms with Crippen LogP contribution in [0, 0.1) is 11.8 Å². The number of rotatable bonds is 14. The fourth-order valence-corrected chi connectivity index (χ4v) is 6.49. The minimum absolute atomic E-state index is 0.0468. The van der Waals surface area contributed by atoms with Gasteiger partial charge < -0.3 is 10.6 Å². The number of allylic oxidation sites excluding steroid dienone is 2. The maximum Gasteiger partial charge on any atom is 0.245 e. The molecule has 2 heterocycles. The molecule has 2 rings (SSSR count). The fraction of sp³-hybridized carbons (Fsp3) is 0.783. The van der Waals surface area contributed by atoms with Crippen molar-refractivity contribution in [3.8, 4) is 0 Å². The Morgan fingerprint density at radius 2 is 1.74 bits per heavy atom. The zero-order chi connectivity index (χ0) is 22.6. The van der Waals surface area contributed by atoms with Gasteiger partial charge in [-0.25, -0.2) is 5.06 Å². The Hall–Kier alpha value is -1.54. The van der Waals surface area contributed by atoms with Crippen LogP contribution in [0.25, 0.3) is 0 Å². The Morgan fingerprint density at radius 1 is 1.00 bits per heavy atom. The first kappa shape index (κ1) is 25.7. The molecule has 2 fully saturated rings. The molecule has 176 valence electrons. The average Bonchev–Trinajstić information content (AvgIpc) is 3.35. The van der Waals surface area contributed by atoms with Gasteiger partial charge in [0.1, 0.15) is 0 Å². The lowest BCUT2D eigenvalue weighted by atomic mass is 9.77. The Balaban J connectivity index is 1.67. The van der Waals surface area contributed by atoms with Gasteiger partial charge in [-0.3, -0.25) is 19.6 Å². The molecular formula is C23H39N3O4S. The third-order valence-corrected chi connectivity index (χ3v) is 8.15. The molecule has 0 unspecified atom stereocenters. The van der Waals surface area contributed by atoms with E-state index in [0.717, 1.165) is 38.5 Å². The van der Waals surface area contributed by atoms with E-state index < -0.39 is 0 Å². The summed E-state index contributed by atoms with van der Waals surface area (Å²) in [6.45, 7) is 2.84. The van der Waals surface area contributed by atoms with E-state index in [4.69, 9.17) is 5.21 Å². The van der Waals surface area contributed by atoms with E-state index in [-0.39, 0.29) is 24.3 Å². The van der Waals surface area contributed by atoms with Crippen LogP contribution in [-0.4, -0.2) is 58.6 Å². The maximum absolute atomic E-state index is 12.2. The molecule has 2 aliphatic rings. The van der Waals surface area contributed by atoms with E-state index in [0.29, 0.717) is 46.8 Å². The average molecular weight is 454 g/mol. The van der Waals surface area contributed by atoms with E-state index in [9.17, 15) is 14.4 Å². The minimum Gasteiger partial charge on any atom is -0.354 e. The number of amides is 3. The molecule has 4 atom stereocenters. The summed E-state index contributed by atoms with van der Waals surface area (Å²) < 4.78 is 0. The summed E-state index contributed by atoms with van der Waals surface area (Å²) in [6.07, 6.45) is 13.2. The van der Waals surface area contributed by atoms with Crippen molar-refractivity contribution >= 4 is 29.5 Å². The molecule has 31 heavy (non-hydrogen) atoms. The van der Waals surface area contributed by atoms with Crippen molar-refractivity contribution in [1.82, 2.24) is 15.7 Å². The zero-order valence-corrected chi connectivity index (χ0v) is 19.8. The predicted molar refractivity (Wildman–Crippen MR) is 124 cm³/mol. The molecule has 0 aromatic carbocycles. The third-order valence-electron chi connectivity index (χ3n) is 6.28. The van der Waals surface area contributed by atoms with Gasteiger partial charge in [0.15, 0.2) is 0 Å². The lowest BCUT2D eigenvalue weighted by Crippen LogP contribution is -2.42. The Kier molecular flexibility index (Phi) is 11.4. The van der Waals surface area contributed by atoms with E-state index in [1.807, 2.05) is 0 Å². The van der Waals surface area contributed by atoms with E-state index in [1.165, 1.54) is 19.9 Å². The van der Waals surface area contributed by atoms with Crippen LogP contribution >= 0.6 is 11.8 Å². The molecule has 0 aliphatic carbocycles. The van der Waals surface area contributed by atoms with Gasteiger partial charge in [-0.05, 0) is 50.4 Å². The number of unbranched alkanes of at least 4 members (excludes halogenated alkanes) is 3. The van der Waals surface area contributed by atoms with Crippen molar-refractivity contribution in [2.24, 2.45) is 11.8 Å². The van der Waals surface area contributed by atoms with Crippen LogP contribution in [0.1, 0.15) is 71.1 Å².